The topological polar surface area (TPSA) is 0 Å². The molecule has 0 N–H and O–H groups in total. The van der Waals surface area contributed by atoms with Crippen LogP contribution >= 0.6 is 0 Å². The molecule has 0 unspecified atom stereocenters. The van der Waals surface area contributed by atoms with Crippen LogP contribution < -0.4 is 5.25 Å². The van der Waals surface area contributed by atoms with Gasteiger partial charge in [-0.2, -0.15) is 0 Å². The van der Waals surface area contributed by atoms with E-state index >= 15 is 0 Å². The van der Waals surface area contributed by atoms with Gasteiger partial charge >= 0.3 is 90.1 Å². The molecule has 66 valence electrons. The average molecular weight is 177 g/mol. The summed E-state index contributed by atoms with van der Waals surface area (Å²) in [6.07, 6.45) is 8.24. The second-order valence-corrected chi connectivity index (χ2v) is 4.37. The third-order valence-electron chi connectivity index (χ3n) is 3.32. The number of hydrogen-bond acceptors (Lipinski definition) is 0. The molecule has 1 heterocycles. The van der Waals surface area contributed by atoms with Crippen molar-refractivity contribution in [3.05, 3.63) is 10.9 Å². The third kappa shape index (κ3) is 2.49. The second-order valence-electron chi connectivity index (χ2n) is 4.37. The molecular formula is C9H15B5. The Bertz CT molecular complexity index is 312. The van der Waals surface area contributed by atoms with Gasteiger partial charge in [0, 0.05) is 0 Å². The van der Waals surface area contributed by atoms with E-state index in [4.69, 9.17) is 0 Å². The molecule has 0 aliphatic heterocycles. The van der Waals surface area contributed by atoms with Gasteiger partial charge in [0.05, 0.1) is 0 Å². The minimum absolute atomic E-state index is 1.17. The Kier molecular flexibility index (Phi) is 3.84. The molecule has 2 rings (SSSR count). The van der Waals surface area contributed by atoms with Gasteiger partial charge in [-0.25, -0.2) is 0 Å². The first-order valence-corrected chi connectivity index (χ1v) is 6.01. The van der Waals surface area contributed by atoms with Crippen molar-refractivity contribution in [2.45, 2.75) is 38.5 Å². The van der Waals surface area contributed by atoms with E-state index in [1.807, 2.05) is 0 Å². The Morgan fingerprint density at radius 2 is 1.64 bits per heavy atom. The van der Waals surface area contributed by atoms with Crippen molar-refractivity contribution in [1.29, 1.82) is 0 Å². The maximum atomic E-state index is 2.43. The van der Waals surface area contributed by atoms with Crippen molar-refractivity contribution >= 4 is 40.7 Å². The van der Waals surface area contributed by atoms with E-state index in [1.165, 1.54) is 50.9 Å². The summed E-state index contributed by atoms with van der Waals surface area (Å²) in [7, 11) is 3.41. The SMILES string of the molecule is BBc1bbc2c(b1)CCCCCC2. The first kappa shape index (κ1) is 10.5. The molecule has 0 saturated carbocycles. The van der Waals surface area contributed by atoms with Crippen LogP contribution in [0.3, 0.4) is 0 Å². The van der Waals surface area contributed by atoms with Crippen LogP contribution in [-0.2, 0) is 12.8 Å². The van der Waals surface area contributed by atoms with Gasteiger partial charge < -0.3 is 0 Å². The van der Waals surface area contributed by atoms with Crippen LogP contribution in [0.1, 0.15) is 36.6 Å². The molecule has 1 aromatic heterocycles. The molecule has 0 spiro atoms. The zero-order chi connectivity index (χ0) is 9.80. The summed E-state index contributed by atoms with van der Waals surface area (Å²) >= 11 is 0. The Balaban J connectivity index is 2.26. The molecule has 0 radical (unpaired) electrons. The Hall–Kier alpha value is -0.0653. The van der Waals surface area contributed by atoms with Gasteiger partial charge in [0.25, 0.3) is 0 Å². The normalized spacial score (nSPS) is 15.7. The van der Waals surface area contributed by atoms with Gasteiger partial charge in [0.1, 0.15) is 0 Å². The van der Waals surface area contributed by atoms with Gasteiger partial charge in [0.15, 0.2) is 0 Å². The first-order valence-electron chi connectivity index (χ1n) is 6.01. The second kappa shape index (κ2) is 5.14. The number of aryl methyl sites for hydroxylation is 2. The molecule has 0 saturated heterocycles. The fraction of sp³-hybridized carbons (Fsp3) is 0.667. The van der Waals surface area contributed by atoms with E-state index in [-0.39, 0.29) is 0 Å². The van der Waals surface area contributed by atoms with E-state index in [0.29, 0.717) is 0 Å². The summed E-state index contributed by atoms with van der Waals surface area (Å²) in [5.41, 5.74) is 3.24. The van der Waals surface area contributed by atoms with E-state index in [1.54, 1.807) is 10.9 Å². The van der Waals surface area contributed by atoms with Crippen LogP contribution in [-0.4, -0.2) is 35.4 Å². The van der Waals surface area contributed by atoms with E-state index < -0.39 is 0 Å². The molecule has 0 aromatic carbocycles. The zero-order valence-electron chi connectivity index (χ0n) is 9.18. The number of fused-ring (bicyclic) bond motifs is 1. The summed E-state index contributed by atoms with van der Waals surface area (Å²) < 4.78 is 0. The number of rotatable bonds is 1. The molecule has 1 aliphatic carbocycles. The molecule has 0 amide bonds. The monoisotopic (exact) mass is 178 g/mol. The summed E-state index contributed by atoms with van der Waals surface area (Å²) in [5, 5.41) is 1.50. The Morgan fingerprint density at radius 1 is 0.929 bits per heavy atom. The molecule has 0 nitrogen and oxygen atoms in total. The third-order valence-corrected chi connectivity index (χ3v) is 3.32. The van der Waals surface area contributed by atoms with Crippen molar-refractivity contribution in [2.24, 2.45) is 0 Å². The fourth-order valence-corrected chi connectivity index (χ4v) is 2.36. The van der Waals surface area contributed by atoms with Crippen molar-refractivity contribution < 1.29 is 0 Å². The molecule has 1 aliphatic rings. The number of hydrogen-bond donors (Lipinski definition) is 0. The van der Waals surface area contributed by atoms with Crippen LogP contribution in [0, 0.1) is 0 Å². The quantitative estimate of drug-likeness (QED) is 0.481. The van der Waals surface area contributed by atoms with Gasteiger partial charge in [-0.3, -0.25) is 0 Å². The molecule has 5 heteroatoms. The van der Waals surface area contributed by atoms with Crippen molar-refractivity contribution in [1.82, 2.24) is 0 Å². The summed E-state index contributed by atoms with van der Waals surface area (Å²) in [6, 6.07) is 0. The molecule has 0 bridgehead atoms. The molecule has 0 fully saturated rings. The van der Waals surface area contributed by atoms with Crippen molar-refractivity contribution in [3.8, 4) is 0 Å². The fourth-order valence-electron chi connectivity index (χ4n) is 2.36. The minimum atomic E-state index is 1.17. The molecule has 14 heavy (non-hydrogen) atoms. The zero-order valence-corrected chi connectivity index (χ0v) is 9.18. The van der Waals surface area contributed by atoms with Crippen LogP contribution in [0.2, 0.25) is 0 Å². The van der Waals surface area contributed by atoms with E-state index in [9.17, 15) is 0 Å². The molecular weight excluding hydrogens is 162 g/mol. The van der Waals surface area contributed by atoms with Crippen LogP contribution in [0.5, 0.6) is 0 Å². The first-order chi connectivity index (χ1) is 6.90. The van der Waals surface area contributed by atoms with Gasteiger partial charge in [-0.05, 0) is 0 Å². The predicted octanol–water partition coefficient (Wildman–Crippen LogP) is -1.03. The Labute approximate surface area is 90.5 Å². The molecule has 1 aromatic rings. The van der Waals surface area contributed by atoms with Crippen molar-refractivity contribution in [3.63, 3.8) is 0 Å². The summed E-state index contributed by atoms with van der Waals surface area (Å²) in [4.78, 5) is 0. The van der Waals surface area contributed by atoms with E-state index in [2.05, 4.69) is 28.2 Å². The van der Waals surface area contributed by atoms with Crippen LogP contribution in [0.25, 0.3) is 0 Å². The molecule has 0 atom stereocenters. The summed E-state index contributed by atoms with van der Waals surface area (Å²) in [6.45, 7) is 7.10. The van der Waals surface area contributed by atoms with Crippen LogP contribution in [0.4, 0.5) is 0 Å². The summed E-state index contributed by atoms with van der Waals surface area (Å²) in [5.74, 6) is 0. The van der Waals surface area contributed by atoms with Gasteiger partial charge in [-0.15, -0.1) is 0 Å². The maximum absolute atomic E-state index is 2.43. The van der Waals surface area contributed by atoms with Crippen molar-refractivity contribution in [2.75, 3.05) is 0 Å². The Morgan fingerprint density at radius 3 is 2.36 bits per heavy atom. The van der Waals surface area contributed by atoms with Gasteiger partial charge in [0.2, 0.25) is 0 Å². The van der Waals surface area contributed by atoms with Gasteiger partial charge in [-0.1, -0.05) is 0 Å². The predicted molar refractivity (Wildman–Crippen MR) is 71.7 cm³/mol. The average Bonchev–Trinajstić information content (AvgIpc) is 2.18. The standard InChI is InChI=1S/C9H15B5/c10-12-9-11-7-5-3-1-2-4-6-8(7)13-14-9/h12H,1-6,10H2. The van der Waals surface area contributed by atoms with Crippen LogP contribution in [0.15, 0.2) is 0 Å². The van der Waals surface area contributed by atoms with E-state index in [0.717, 1.165) is 0 Å².